The maximum Gasteiger partial charge on any atom is 0.142 e. The molecular weight excluding hydrogens is 292 g/mol. The van der Waals surface area contributed by atoms with E-state index in [4.69, 9.17) is 32.1 Å². The monoisotopic (exact) mass is 312 g/mol. The first-order chi connectivity index (χ1) is 11.2. The fourth-order valence-corrected chi connectivity index (χ4v) is 1.90. The lowest BCUT2D eigenvalue weighted by atomic mass is 10.3. The molecule has 0 saturated heterocycles. The lowest BCUT2D eigenvalue weighted by Crippen LogP contribution is -2.29. The second kappa shape index (κ2) is 8.57. The SMILES string of the molecule is C#CCOC(COc1ccccc1N)COc1ccccc1N. The number of nitrogen functional groups attached to an aromatic ring is 2. The van der Waals surface area contributed by atoms with Crippen LogP contribution in [-0.2, 0) is 4.74 Å². The highest BCUT2D eigenvalue weighted by Crippen LogP contribution is 2.22. The normalized spacial score (nSPS) is 10.3. The molecule has 0 fully saturated rings. The Morgan fingerprint density at radius 2 is 1.35 bits per heavy atom. The van der Waals surface area contributed by atoms with E-state index in [0.29, 0.717) is 22.9 Å². The van der Waals surface area contributed by atoms with E-state index in [1.807, 2.05) is 24.3 Å². The summed E-state index contributed by atoms with van der Waals surface area (Å²) in [7, 11) is 0. The Morgan fingerprint density at radius 1 is 0.870 bits per heavy atom. The zero-order chi connectivity index (χ0) is 16.5. The maximum absolute atomic E-state index is 5.85. The lowest BCUT2D eigenvalue weighted by Gasteiger charge is -2.19. The molecule has 120 valence electrons. The summed E-state index contributed by atoms with van der Waals surface area (Å²) in [5.74, 6) is 3.63. The lowest BCUT2D eigenvalue weighted by molar-refractivity contribution is 0.00868. The zero-order valence-electron chi connectivity index (χ0n) is 12.8. The molecule has 23 heavy (non-hydrogen) atoms. The molecule has 2 aromatic rings. The minimum Gasteiger partial charge on any atom is -0.489 e. The Labute approximate surface area is 136 Å². The summed E-state index contributed by atoms with van der Waals surface area (Å²) in [6, 6.07) is 14.5. The van der Waals surface area contributed by atoms with Gasteiger partial charge < -0.3 is 25.7 Å². The smallest absolute Gasteiger partial charge is 0.142 e. The van der Waals surface area contributed by atoms with Gasteiger partial charge in [-0.25, -0.2) is 0 Å². The molecule has 2 aromatic carbocycles. The molecule has 2 rings (SSSR count). The molecule has 0 saturated carbocycles. The third-order valence-corrected chi connectivity index (χ3v) is 3.09. The molecule has 5 heteroatoms. The van der Waals surface area contributed by atoms with E-state index in [-0.39, 0.29) is 25.9 Å². The number of anilines is 2. The molecule has 0 heterocycles. The van der Waals surface area contributed by atoms with Crippen molar-refractivity contribution < 1.29 is 14.2 Å². The Bertz CT molecular complexity index is 618. The van der Waals surface area contributed by atoms with Gasteiger partial charge in [-0.1, -0.05) is 30.2 Å². The highest BCUT2D eigenvalue weighted by Gasteiger charge is 2.13. The molecule has 0 radical (unpaired) electrons. The number of hydrogen-bond acceptors (Lipinski definition) is 5. The van der Waals surface area contributed by atoms with E-state index in [1.54, 1.807) is 24.3 Å². The number of hydrogen-bond donors (Lipinski definition) is 2. The first kappa shape index (κ1) is 16.5. The molecule has 0 aromatic heterocycles. The average molecular weight is 312 g/mol. The summed E-state index contributed by atoms with van der Waals surface area (Å²) in [4.78, 5) is 0. The van der Waals surface area contributed by atoms with Crippen molar-refractivity contribution in [2.45, 2.75) is 6.10 Å². The van der Waals surface area contributed by atoms with E-state index in [9.17, 15) is 0 Å². The number of nitrogens with two attached hydrogens (primary N) is 2. The van der Waals surface area contributed by atoms with E-state index < -0.39 is 0 Å². The van der Waals surface area contributed by atoms with Crippen molar-refractivity contribution in [3.63, 3.8) is 0 Å². The molecule has 4 N–H and O–H groups in total. The fraction of sp³-hybridized carbons (Fsp3) is 0.222. The van der Waals surface area contributed by atoms with Gasteiger partial charge in [-0.05, 0) is 24.3 Å². The highest BCUT2D eigenvalue weighted by molar-refractivity contribution is 5.52. The quantitative estimate of drug-likeness (QED) is 0.577. The fourth-order valence-electron chi connectivity index (χ4n) is 1.90. The van der Waals surface area contributed by atoms with E-state index in [1.165, 1.54) is 0 Å². The molecule has 0 amide bonds. The van der Waals surface area contributed by atoms with Crippen LogP contribution in [0.5, 0.6) is 11.5 Å². The molecular formula is C18H20N2O3. The van der Waals surface area contributed by atoms with Crippen molar-refractivity contribution in [3.8, 4) is 23.8 Å². The van der Waals surface area contributed by atoms with E-state index >= 15 is 0 Å². The third kappa shape index (κ3) is 5.13. The van der Waals surface area contributed by atoms with Crippen LogP contribution in [0.2, 0.25) is 0 Å². The predicted molar refractivity (Wildman–Crippen MR) is 91.3 cm³/mol. The standard InChI is InChI=1S/C18H20N2O3/c1-2-11-21-14(12-22-17-9-5-3-7-15(17)19)13-23-18-10-6-4-8-16(18)20/h1,3-10,14H,11-13,19-20H2. The van der Waals surface area contributed by atoms with Gasteiger partial charge in [0.05, 0.1) is 11.4 Å². The van der Waals surface area contributed by atoms with Gasteiger partial charge in [0.2, 0.25) is 0 Å². The van der Waals surface area contributed by atoms with Crippen LogP contribution >= 0.6 is 0 Å². The average Bonchev–Trinajstić information content (AvgIpc) is 2.57. The number of benzene rings is 2. The highest BCUT2D eigenvalue weighted by atomic mass is 16.6. The van der Waals surface area contributed by atoms with Crippen LogP contribution in [0.3, 0.4) is 0 Å². The summed E-state index contributed by atoms with van der Waals surface area (Å²) in [6.07, 6.45) is 4.90. The van der Waals surface area contributed by atoms with Crippen LogP contribution in [0.4, 0.5) is 11.4 Å². The summed E-state index contributed by atoms with van der Waals surface area (Å²) in [6.45, 7) is 0.706. The van der Waals surface area contributed by atoms with Gasteiger partial charge >= 0.3 is 0 Å². The van der Waals surface area contributed by atoms with Crippen molar-refractivity contribution in [2.75, 3.05) is 31.3 Å². The van der Waals surface area contributed by atoms with E-state index in [0.717, 1.165) is 0 Å². The second-order valence-corrected chi connectivity index (χ2v) is 4.83. The van der Waals surface area contributed by atoms with Crippen molar-refractivity contribution in [1.82, 2.24) is 0 Å². The Kier molecular flexibility index (Phi) is 6.16. The van der Waals surface area contributed by atoms with Crippen LogP contribution in [0.15, 0.2) is 48.5 Å². The first-order valence-corrected chi connectivity index (χ1v) is 7.20. The van der Waals surface area contributed by atoms with Gasteiger partial charge in [0.15, 0.2) is 0 Å². The molecule has 0 spiro atoms. The van der Waals surface area contributed by atoms with E-state index in [2.05, 4.69) is 5.92 Å². The van der Waals surface area contributed by atoms with Crippen LogP contribution in [0.25, 0.3) is 0 Å². The summed E-state index contributed by atoms with van der Waals surface area (Å²) >= 11 is 0. The summed E-state index contributed by atoms with van der Waals surface area (Å²) < 4.78 is 16.9. The number of ether oxygens (including phenoxy) is 3. The van der Waals surface area contributed by atoms with Crippen molar-refractivity contribution >= 4 is 11.4 Å². The summed E-state index contributed by atoms with van der Waals surface area (Å²) in [5, 5.41) is 0. The largest absolute Gasteiger partial charge is 0.489 e. The maximum atomic E-state index is 5.85. The van der Waals surface area contributed by atoms with Gasteiger partial charge in [0, 0.05) is 0 Å². The van der Waals surface area contributed by atoms with Crippen molar-refractivity contribution in [1.29, 1.82) is 0 Å². The van der Waals surface area contributed by atoms with Gasteiger partial charge in [0.25, 0.3) is 0 Å². The van der Waals surface area contributed by atoms with Crippen molar-refractivity contribution in [3.05, 3.63) is 48.5 Å². The Morgan fingerprint density at radius 3 is 1.78 bits per heavy atom. The molecule has 0 atom stereocenters. The molecule has 0 unspecified atom stereocenters. The van der Waals surface area contributed by atoms with Crippen LogP contribution in [0, 0.1) is 12.3 Å². The molecule has 0 bridgehead atoms. The van der Waals surface area contributed by atoms with Crippen LogP contribution in [-0.4, -0.2) is 25.9 Å². The molecule has 5 nitrogen and oxygen atoms in total. The minimum absolute atomic E-state index is 0.173. The Balaban J connectivity index is 1.93. The number of para-hydroxylation sites is 4. The predicted octanol–water partition coefficient (Wildman–Crippen LogP) is 2.33. The van der Waals surface area contributed by atoms with Gasteiger partial charge in [-0.3, -0.25) is 0 Å². The van der Waals surface area contributed by atoms with Crippen molar-refractivity contribution in [2.24, 2.45) is 0 Å². The molecule has 0 aliphatic heterocycles. The second-order valence-electron chi connectivity index (χ2n) is 4.83. The Hall–Kier alpha value is -2.84. The molecule has 0 aliphatic rings. The molecule has 0 aliphatic carbocycles. The topological polar surface area (TPSA) is 79.7 Å². The van der Waals surface area contributed by atoms with Crippen LogP contribution in [0.1, 0.15) is 0 Å². The minimum atomic E-state index is -0.342. The van der Waals surface area contributed by atoms with Crippen LogP contribution < -0.4 is 20.9 Å². The third-order valence-electron chi connectivity index (χ3n) is 3.09. The first-order valence-electron chi connectivity index (χ1n) is 7.20. The number of terminal acetylenes is 1. The number of rotatable bonds is 8. The van der Waals surface area contributed by atoms with Gasteiger partial charge in [-0.15, -0.1) is 6.42 Å². The van der Waals surface area contributed by atoms with Gasteiger partial charge in [0.1, 0.15) is 37.4 Å². The van der Waals surface area contributed by atoms with Gasteiger partial charge in [-0.2, -0.15) is 0 Å². The zero-order valence-corrected chi connectivity index (χ0v) is 12.8. The summed E-state index contributed by atoms with van der Waals surface area (Å²) in [5.41, 5.74) is 12.8.